The predicted molar refractivity (Wildman–Crippen MR) is 261 cm³/mol. The lowest BCUT2D eigenvalue weighted by molar-refractivity contribution is -0.134. The summed E-state index contributed by atoms with van der Waals surface area (Å²) >= 11 is 0. The van der Waals surface area contributed by atoms with E-state index >= 15 is 0 Å². The van der Waals surface area contributed by atoms with Gasteiger partial charge in [0.15, 0.2) is 11.3 Å². The normalized spacial score (nSPS) is 14.4. The van der Waals surface area contributed by atoms with Crippen LogP contribution in [-0.2, 0) is 64.2 Å². The Hall–Kier alpha value is -6.96. The highest BCUT2D eigenvalue weighted by Gasteiger charge is 2.24. The number of nitrogens with zero attached hydrogens (tertiary/aromatic N) is 8. The molecule has 0 saturated carbocycles. The minimum Gasteiger partial charge on any atom is -0.478 e. The summed E-state index contributed by atoms with van der Waals surface area (Å²) in [6, 6.07) is 7.96. The highest BCUT2D eigenvalue weighted by Crippen LogP contribution is 2.25. The molecule has 0 bridgehead atoms. The van der Waals surface area contributed by atoms with E-state index in [1.54, 1.807) is 0 Å². The summed E-state index contributed by atoms with van der Waals surface area (Å²) in [4.78, 5) is 80.7. The maximum Gasteiger partial charge on any atom is 0.328 e. The van der Waals surface area contributed by atoms with E-state index < -0.39 is 35.8 Å². The van der Waals surface area contributed by atoms with Crippen LogP contribution in [0.15, 0.2) is 73.1 Å². The molecule has 396 valence electrons. The van der Waals surface area contributed by atoms with Gasteiger partial charge in [0.05, 0.1) is 26.4 Å². The number of pyridine rings is 2. The number of imidazole rings is 2. The highest BCUT2D eigenvalue weighted by molar-refractivity contribution is 5.90. The number of rotatable bonds is 22. The van der Waals surface area contributed by atoms with Gasteiger partial charge in [0.1, 0.15) is 22.7 Å². The van der Waals surface area contributed by atoms with E-state index in [2.05, 4.69) is 28.9 Å². The fourth-order valence-electron chi connectivity index (χ4n) is 7.45. The third kappa shape index (κ3) is 25.2. The van der Waals surface area contributed by atoms with Crippen molar-refractivity contribution in [1.29, 1.82) is 0 Å². The molecule has 0 radical (unpaired) electrons. The first-order valence-corrected chi connectivity index (χ1v) is 23.3. The molecule has 2 aliphatic rings. The standard InChI is InChI=1S/2C18H28N4O2.3C4H4O4/c2*1-2-24-13-11-22-17(20-16-4-3-7-19-18(16)22)14-15-5-8-21(9-6-15)10-12-23;3*5-3(6)1-2-4(7)8/h2*3-4,7,15,23H,2,5-6,8-14H2,1H3;3*1-2H,(H,5,6)(H,7,8). The zero-order chi connectivity index (χ0) is 53.3. The van der Waals surface area contributed by atoms with Crippen LogP contribution in [0.4, 0.5) is 0 Å². The van der Waals surface area contributed by atoms with Gasteiger partial charge in [-0.1, -0.05) is 0 Å². The van der Waals surface area contributed by atoms with Gasteiger partial charge in [0.2, 0.25) is 0 Å². The van der Waals surface area contributed by atoms with Gasteiger partial charge in [0, 0.05) is 101 Å². The molecule has 2 aliphatic heterocycles. The maximum atomic E-state index is 9.55. The third-order valence-corrected chi connectivity index (χ3v) is 10.8. The number of hydrogen-bond acceptors (Lipinski definition) is 16. The summed E-state index contributed by atoms with van der Waals surface area (Å²) in [6.45, 7) is 14.9. The molecule has 0 unspecified atom stereocenters. The van der Waals surface area contributed by atoms with Crippen molar-refractivity contribution < 1.29 is 79.1 Å². The zero-order valence-corrected chi connectivity index (χ0v) is 40.6. The summed E-state index contributed by atoms with van der Waals surface area (Å²) in [5.41, 5.74) is 3.87. The SMILES string of the molecule is CCOCCn1c(CC2CCN(CCO)CC2)nc2cccnc21.CCOCCn1c(CC2CCN(CCO)CC2)nc2cccnc21.O=C(O)C=CC(=O)O.O=C(O)C=CC(=O)O.O=C(O)C=CC(=O)O. The van der Waals surface area contributed by atoms with Crippen molar-refractivity contribution in [3.63, 3.8) is 0 Å². The van der Waals surface area contributed by atoms with E-state index in [1.165, 1.54) is 25.7 Å². The molecule has 24 nitrogen and oxygen atoms in total. The van der Waals surface area contributed by atoms with Crippen molar-refractivity contribution in [3.8, 4) is 0 Å². The van der Waals surface area contributed by atoms with Crippen molar-refractivity contribution in [2.45, 2.75) is 65.5 Å². The second-order valence-corrected chi connectivity index (χ2v) is 15.9. The van der Waals surface area contributed by atoms with Crippen molar-refractivity contribution >= 4 is 58.1 Å². The summed E-state index contributed by atoms with van der Waals surface area (Å²) in [5, 5.41) is 65.0. The third-order valence-electron chi connectivity index (χ3n) is 10.8. The van der Waals surface area contributed by atoms with Gasteiger partial charge >= 0.3 is 35.8 Å². The maximum absolute atomic E-state index is 9.55. The molecule has 0 atom stereocenters. The first-order valence-electron chi connectivity index (χ1n) is 23.3. The van der Waals surface area contributed by atoms with Crippen LogP contribution in [0.25, 0.3) is 22.3 Å². The van der Waals surface area contributed by atoms with Crippen LogP contribution in [-0.4, -0.2) is 194 Å². The van der Waals surface area contributed by atoms with Gasteiger partial charge in [0.25, 0.3) is 0 Å². The topological polar surface area (TPSA) is 351 Å². The number of fused-ring (bicyclic) bond motifs is 2. The second kappa shape index (κ2) is 35.2. The lowest BCUT2D eigenvalue weighted by atomic mass is 9.93. The molecule has 8 N–H and O–H groups in total. The van der Waals surface area contributed by atoms with Gasteiger partial charge in [-0.05, 0) is 102 Å². The minimum absolute atomic E-state index is 0.254. The average Bonchev–Trinajstić information content (AvgIpc) is 3.88. The van der Waals surface area contributed by atoms with E-state index in [4.69, 9.17) is 60.3 Å². The van der Waals surface area contributed by atoms with Crippen LogP contribution in [0.5, 0.6) is 0 Å². The number of aromatic nitrogens is 6. The number of aliphatic hydroxyl groups is 2. The van der Waals surface area contributed by atoms with Gasteiger partial charge < -0.3 is 69.3 Å². The molecule has 0 aliphatic carbocycles. The minimum atomic E-state index is -1.26. The quantitative estimate of drug-likeness (QED) is 0.0414. The number of carboxylic acids is 6. The lowest BCUT2D eigenvalue weighted by Crippen LogP contribution is -2.36. The van der Waals surface area contributed by atoms with Gasteiger partial charge in [-0.3, -0.25) is 0 Å². The van der Waals surface area contributed by atoms with Crippen LogP contribution in [0.3, 0.4) is 0 Å². The summed E-state index contributed by atoms with van der Waals surface area (Å²) in [5.74, 6) is -3.97. The molecule has 6 rings (SSSR count). The van der Waals surface area contributed by atoms with Crippen LogP contribution in [0.2, 0.25) is 0 Å². The van der Waals surface area contributed by atoms with Crippen molar-refractivity contribution in [2.24, 2.45) is 11.8 Å². The Labute approximate surface area is 416 Å². The van der Waals surface area contributed by atoms with E-state index in [0.29, 0.717) is 61.5 Å². The summed E-state index contributed by atoms with van der Waals surface area (Å²) < 4.78 is 15.5. The van der Waals surface area contributed by atoms with Crippen LogP contribution >= 0.6 is 0 Å². The molecule has 6 heterocycles. The molecule has 0 amide bonds. The van der Waals surface area contributed by atoms with Gasteiger partial charge in [-0.2, -0.15) is 0 Å². The molecule has 2 fully saturated rings. The Morgan fingerprint density at radius 1 is 0.528 bits per heavy atom. The lowest BCUT2D eigenvalue weighted by Gasteiger charge is -2.31. The Morgan fingerprint density at radius 2 is 0.833 bits per heavy atom. The molecular weight excluding hydrogens is 945 g/mol. The molecule has 4 aromatic heterocycles. The van der Waals surface area contributed by atoms with Gasteiger partial charge in [-0.25, -0.2) is 48.7 Å². The van der Waals surface area contributed by atoms with Crippen LogP contribution < -0.4 is 0 Å². The molecule has 0 spiro atoms. The molecule has 24 heteroatoms. The number of carboxylic acid groups (broad SMARTS) is 6. The summed E-state index contributed by atoms with van der Waals surface area (Å²) in [7, 11) is 0. The molecule has 72 heavy (non-hydrogen) atoms. The van der Waals surface area contributed by atoms with Crippen molar-refractivity contribution in [2.75, 3.05) is 78.9 Å². The first kappa shape index (κ1) is 61.2. The number of hydrogen-bond donors (Lipinski definition) is 8. The van der Waals surface area contributed by atoms with Crippen LogP contribution in [0, 0.1) is 11.8 Å². The fourth-order valence-corrected chi connectivity index (χ4v) is 7.45. The second-order valence-electron chi connectivity index (χ2n) is 15.9. The molecular formula is C48H68N8O16. The molecule has 0 aromatic carbocycles. The van der Waals surface area contributed by atoms with E-state index in [9.17, 15) is 28.8 Å². The highest BCUT2D eigenvalue weighted by atomic mass is 16.5. The van der Waals surface area contributed by atoms with Crippen molar-refractivity contribution in [3.05, 3.63) is 84.8 Å². The number of likely N-dealkylation sites (tertiary alicyclic amines) is 2. The largest absolute Gasteiger partial charge is 0.478 e. The Bertz CT molecular complexity index is 2130. The van der Waals surface area contributed by atoms with E-state index in [0.717, 1.165) is 112 Å². The van der Waals surface area contributed by atoms with Crippen molar-refractivity contribution in [1.82, 2.24) is 38.9 Å². The Kier molecular flexibility index (Phi) is 29.9. The monoisotopic (exact) mass is 1010 g/mol. The average molecular weight is 1010 g/mol. The molecule has 4 aromatic rings. The molecule has 2 saturated heterocycles. The number of ether oxygens (including phenoxy) is 2. The fraction of sp³-hybridized carbons (Fsp3) is 0.500. The van der Waals surface area contributed by atoms with E-state index in [-0.39, 0.29) is 13.2 Å². The zero-order valence-electron chi connectivity index (χ0n) is 40.6. The summed E-state index contributed by atoms with van der Waals surface area (Å²) in [6.07, 6.45) is 13.7. The smallest absolute Gasteiger partial charge is 0.328 e. The van der Waals surface area contributed by atoms with E-state index in [1.807, 2.05) is 50.5 Å². The number of aliphatic hydroxyl groups excluding tert-OH is 2. The number of aliphatic carboxylic acids is 6. The van der Waals surface area contributed by atoms with Gasteiger partial charge in [-0.15, -0.1) is 0 Å². The predicted octanol–water partition coefficient (Wildman–Crippen LogP) is 2.56. The Balaban J connectivity index is 0.000000343. The number of β-amino-alcohol motifs (C(OH)–C–C–N with tert-alkyl or cyclic N) is 2. The Morgan fingerprint density at radius 3 is 1.10 bits per heavy atom. The van der Waals surface area contributed by atoms with Crippen LogP contribution in [0.1, 0.15) is 51.2 Å². The first-order chi connectivity index (χ1) is 34.5. The number of piperidine rings is 2. The number of carbonyl (C=O) groups is 6.